The van der Waals surface area contributed by atoms with Crippen molar-refractivity contribution >= 4 is 5.82 Å². The largest absolute Gasteiger partial charge is 0.383 e. The van der Waals surface area contributed by atoms with E-state index in [0.29, 0.717) is 5.82 Å². The lowest BCUT2D eigenvalue weighted by Crippen LogP contribution is -2.49. The highest BCUT2D eigenvalue weighted by Gasteiger charge is 2.30. The molecule has 4 heteroatoms. The molecular weight excluding hydrogens is 212 g/mol. The summed E-state index contributed by atoms with van der Waals surface area (Å²) >= 11 is 0. The highest BCUT2D eigenvalue weighted by Crippen LogP contribution is 2.23. The number of nitrogens with two attached hydrogens (primary N) is 1. The molecule has 1 atom stereocenters. The molecule has 0 radical (unpaired) electrons. The van der Waals surface area contributed by atoms with E-state index >= 15 is 0 Å². The average Bonchev–Trinajstić information content (AvgIpc) is 2.79. The Hall–Kier alpha value is -1.13. The van der Waals surface area contributed by atoms with Crippen molar-refractivity contribution in [1.82, 2.24) is 14.8 Å². The second-order valence-corrected chi connectivity index (χ2v) is 5.11. The Kier molecular flexibility index (Phi) is 2.99. The first kappa shape index (κ1) is 11.0. The van der Waals surface area contributed by atoms with Crippen molar-refractivity contribution < 1.29 is 0 Å². The van der Waals surface area contributed by atoms with Crippen molar-refractivity contribution in [3.63, 3.8) is 0 Å². The van der Waals surface area contributed by atoms with Gasteiger partial charge in [0.1, 0.15) is 5.82 Å². The zero-order valence-corrected chi connectivity index (χ0v) is 10.2. The Morgan fingerprint density at radius 3 is 3.18 bits per heavy atom. The summed E-state index contributed by atoms with van der Waals surface area (Å²) in [7, 11) is 0. The summed E-state index contributed by atoms with van der Waals surface area (Å²) in [6.45, 7) is 5.81. The maximum absolute atomic E-state index is 5.90. The molecule has 3 rings (SSSR count). The summed E-state index contributed by atoms with van der Waals surface area (Å²) in [6, 6.07) is 4.84. The molecule has 17 heavy (non-hydrogen) atoms. The summed E-state index contributed by atoms with van der Waals surface area (Å²) in [5, 5.41) is 0. The third-order valence-electron chi connectivity index (χ3n) is 3.99. The van der Waals surface area contributed by atoms with Gasteiger partial charge in [-0.15, -0.1) is 0 Å². The number of piperazine rings is 1. The Labute approximate surface area is 102 Å². The first-order chi connectivity index (χ1) is 8.33. The third-order valence-corrected chi connectivity index (χ3v) is 3.99. The van der Waals surface area contributed by atoms with Crippen molar-refractivity contribution in [2.24, 2.45) is 0 Å². The van der Waals surface area contributed by atoms with Crippen LogP contribution < -0.4 is 5.73 Å². The van der Waals surface area contributed by atoms with E-state index < -0.39 is 0 Å². The van der Waals surface area contributed by atoms with Crippen LogP contribution >= 0.6 is 0 Å². The minimum absolute atomic E-state index is 0.682. The molecule has 1 unspecified atom stereocenters. The molecule has 0 aromatic carbocycles. The average molecular weight is 232 g/mol. The Morgan fingerprint density at radius 1 is 1.35 bits per heavy atom. The Morgan fingerprint density at radius 2 is 2.29 bits per heavy atom. The molecule has 2 saturated heterocycles. The number of aromatic nitrogens is 1. The number of rotatable bonds is 2. The van der Waals surface area contributed by atoms with E-state index in [1.54, 1.807) is 6.20 Å². The van der Waals surface area contributed by atoms with Crippen molar-refractivity contribution in [2.45, 2.75) is 25.4 Å². The lowest BCUT2D eigenvalue weighted by atomic mass is 10.1. The standard InChI is InChI=1S/C13H20N4/c14-13-11(3-1-5-15-13)9-16-7-8-17-6-2-4-12(17)10-16/h1,3,5,12H,2,4,6-10H2,(H2,14,15). The molecule has 2 N–H and O–H groups in total. The second kappa shape index (κ2) is 4.63. The fourth-order valence-corrected chi connectivity index (χ4v) is 3.02. The van der Waals surface area contributed by atoms with Crippen LogP contribution in [0, 0.1) is 0 Å². The van der Waals surface area contributed by atoms with Crippen LogP contribution in [-0.4, -0.2) is 47.0 Å². The highest BCUT2D eigenvalue weighted by atomic mass is 15.3. The molecule has 0 spiro atoms. The fraction of sp³-hybridized carbons (Fsp3) is 0.615. The van der Waals surface area contributed by atoms with Crippen LogP contribution in [0.25, 0.3) is 0 Å². The van der Waals surface area contributed by atoms with E-state index in [1.807, 2.05) is 6.07 Å². The van der Waals surface area contributed by atoms with Crippen LogP contribution in [0.3, 0.4) is 0 Å². The molecule has 0 bridgehead atoms. The zero-order valence-electron chi connectivity index (χ0n) is 10.2. The number of nitrogens with zero attached hydrogens (tertiary/aromatic N) is 3. The van der Waals surface area contributed by atoms with Crippen LogP contribution in [0.4, 0.5) is 5.82 Å². The van der Waals surface area contributed by atoms with E-state index in [1.165, 1.54) is 38.0 Å². The number of hydrogen-bond acceptors (Lipinski definition) is 4. The van der Waals surface area contributed by atoms with E-state index in [0.717, 1.165) is 19.1 Å². The normalized spacial score (nSPS) is 26.0. The topological polar surface area (TPSA) is 45.4 Å². The molecule has 2 aliphatic heterocycles. The summed E-state index contributed by atoms with van der Waals surface area (Å²) in [4.78, 5) is 9.29. The number of nitrogen functional groups attached to an aromatic ring is 1. The molecule has 2 aliphatic rings. The van der Waals surface area contributed by atoms with Crippen LogP contribution in [0.15, 0.2) is 18.3 Å². The monoisotopic (exact) mass is 232 g/mol. The SMILES string of the molecule is Nc1ncccc1CN1CCN2CCCC2C1. The second-order valence-electron chi connectivity index (χ2n) is 5.11. The first-order valence-electron chi connectivity index (χ1n) is 6.49. The van der Waals surface area contributed by atoms with Gasteiger partial charge in [0, 0.05) is 44.0 Å². The van der Waals surface area contributed by atoms with Gasteiger partial charge in [-0.05, 0) is 25.5 Å². The molecule has 2 fully saturated rings. The van der Waals surface area contributed by atoms with Crippen LogP contribution in [-0.2, 0) is 6.54 Å². The van der Waals surface area contributed by atoms with Crippen LogP contribution in [0.5, 0.6) is 0 Å². The van der Waals surface area contributed by atoms with Crippen molar-refractivity contribution in [2.75, 3.05) is 31.9 Å². The molecule has 92 valence electrons. The van der Waals surface area contributed by atoms with Gasteiger partial charge in [-0.25, -0.2) is 4.98 Å². The summed E-state index contributed by atoms with van der Waals surface area (Å²) < 4.78 is 0. The maximum Gasteiger partial charge on any atom is 0.127 e. The maximum atomic E-state index is 5.90. The van der Waals surface area contributed by atoms with Gasteiger partial charge in [-0.3, -0.25) is 9.80 Å². The van der Waals surface area contributed by atoms with Gasteiger partial charge in [-0.1, -0.05) is 6.07 Å². The molecule has 1 aromatic heterocycles. The van der Waals surface area contributed by atoms with Gasteiger partial charge in [0.15, 0.2) is 0 Å². The van der Waals surface area contributed by atoms with Crippen molar-refractivity contribution in [1.29, 1.82) is 0 Å². The molecule has 3 heterocycles. The molecule has 0 amide bonds. The number of hydrogen-bond donors (Lipinski definition) is 1. The van der Waals surface area contributed by atoms with E-state index in [2.05, 4.69) is 20.9 Å². The Balaban J connectivity index is 1.64. The number of pyridine rings is 1. The lowest BCUT2D eigenvalue weighted by molar-refractivity contribution is 0.0994. The predicted molar refractivity (Wildman–Crippen MR) is 68.5 cm³/mol. The van der Waals surface area contributed by atoms with E-state index in [4.69, 9.17) is 5.73 Å². The van der Waals surface area contributed by atoms with Gasteiger partial charge in [0.05, 0.1) is 0 Å². The van der Waals surface area contributed by atoms with Crippen molar-refractivity contribution in [3.8, 4) is 0 Å². The van der Waals surface area contributed by atoms with Crippen LogP contribution in [0.2, 0.25) is 0 Å². The number of anilines is 1. The molecular formula is C13H20N4. The molecule has 4 nitrogen and oxygen atoms in total. The Bertz CT molecular complexity index is 393. The molecule has 0 aliphatic carbocycles. The number of fused-ring (bicyclic) bond motifs is 1. The zero-order chi connectivity index (χ0) is 11.7. The fourth-order valence-electron chi connectivity index (χ4n) is 3.02. The first-order valence-corrected chi connectivity index (χ1v) is 6.49. The smallest absolute Gasteiger partial charge is 0.127 e. The van der Waals surface area contributed by atoms with Gasteiger partial charge in [0.2, 0.25) is 0 Å². The quantitative estimate of drug-likeness (QED) is 0.824. The summed E-state index contributed by atoms with van der Waals surface area (Å²) in [5.74, 6) is 0.682. The van der Waals surface area contributed by atoms with Crippen LogP contribution in [0.1, 0.15) is 18.4 Å². The third kappa shape index (κ3) is 2.28. The summed E-state index contributed by atoms with van der Waals surface area (Å²) in [5.41, 5.74) is 7.06. The molecule has 1 aromatic rings. The minimum atomic E-state index is 0.682. The predicted octanol–water partition coefficient (Wildman–Crippen LogP) is 0.944. The van der Waals surface area contributed by atoms with E-state index in [9.17, 15) is 0 Å². The van der Waals surface area contributed by atoms with Gasteiger partial charge < -0.3 is 5.73 Å². The lowest BCUT2D eigenvalue weighted by Gasteiger charge is -2.37. The van der Waals surface area contributed by atoms with Gasteiger partial charge in [0.25, 0.3) is 0 Å². The van der Waals surface area contributed by atoms with Gasteiger partial charge in [-0.2, -0.15) is 0 Å². The van der Waals surface area contributed by atoms with Gasteiger partial charge >= 0.3 is 0 Å². The van der Waals surface area contributed by atoms with E-state index in [-0.39, 0.29) is 0 Å². The minimum Gasteiger partial charge on any atom is -0.383 e. The molecule has 0 saturated carbocycles. The summed E-state index contributed by atoms with van der Waals surface area (Å²) in [6.07, 6.45) is 4.49. The highest BCUT2D eigenvalue weighted by molar-refractivity contribution is 5.38. The van der Waals surface area contributed by atoms with Crippen molar-refractivity contribution in [3.05, 3.63) is 23.9 Å².